The number of rotatable bonds is 0. The SMILES string of the molecule is C[N+]1(C)CCC(=O)CC1.F[P-](F)(F)(F)(F)F. The average Bonchev–Trinajstić information content (AvgIpc) is 1.89. The van der Waals surface area contributed by atoms with Gasteiger partial charge in [0.25, 0.3) is 0 Å². The molecule has 0 aromatic rings. The molecule has 0 radical (unpaired) electrons. The van der Waals surface area contributed by atoms with Gasteiger partial charge in [-0.1, -0.05) is 0 Å². The normalized spacial score (nSPS) is 24.9. The van der Waals surface area contributed by atoms with E-state index in [1.54, 1.807) is 0 Å². The molecule has 0 spiro atoms. The van der Waals surface area contributed by atoms with Gasteiger partial charge in [0.05, 0.1) is 40.0 Å². The molecule has 1 aliphatic rings. The third-order valence-corrected chi connectivity index (χ3v) is 1.99. The second kappa shape index (κ2) is 3.57. The van der Waals surface area contributed by atoms with E-state index in [0.29, 0.717) is 5.78 Å². The van der Waals surface area contributed by atoms with Crippen molar-refractivity contribution in [2.45, 2.75) is 12.8 Å². The van der Waals surface area contributed by atoms with Crippen LogP contribution in [0.15, 0.2) is 0 Å². The predicted molar refractivity (Wildman–Crippen MR) is 49.7 cm³/mol. The average molecular weight is 273 g/mol. The Hall–Kier alpha value is -0.360. The first-order valence-corrected chi connectivity index (χ1v) is 6.48. The van der Waals surface area contributed by atoms with Gasteiger partial charge in [0.15, 0.2) is 0 Å². The molecule has 0 aromatic heterocycles. The molecular formula is C7H14F6NOP. The van der Waals surface area contributed by atoms with Crippen LogP contribution < -0.4 is 0 Å². The topological polar surface area (TPSA) is 17.1 Å². The first-order valence-electron chi connectivity index (χ1n) is 4.45. The molecule has 9 heteroatoms. The number of likely N-dealkylation sites (tertiary alicyclic amines) is 1. The standard InChI is InChI=1S/C7H14NO.F6P/c1-8(2)5-3-7(9)4-6-8;1-7(2,3,4,5)6/h3-6H2,1-2H3;/q+1;-1. The van der Waals surface area contributed by atoms with Crippen LogP contribution in [0.5, 0.6) is 0 Å². The van der Waals surface area contributed by atoms with Gasteiger partial charge < -0.3 is 4.48 Å². The van der Waals surface area contributed by atoms with Crippen molar-refractivity contribution in [1.29, 1.82) is 0 Å². The van der Waals surface area contributed by atoms with Gasteiger partial charge in [-0.15, -0.1) is 0 Å². The second-order valence-corrected chi connectivity index (χ2v) is 6.30. The van der Waals surface area contributed by atoms with E-state index in [0.717, 1.165) is 30.4 Å². The van der Waals surface area contributed by atoms with E-state index in [-0.39, 0.29) is 0 Å². The number of carbonyl (C=O) groups excluding carboxylic acids is 1. The Kier molecular flexibility index (Phi) is 3.49. The van der Waals surface area contributed by atoms with Gasteiger partial charge in [-0.05, 0) is 0 Å². The molecule has 0 aliphatic carbocycles. The minimum atomic E-state index is -10.7. The van der Waals surface area contributed by atoms with Crippen molar-refractivity contribution in [2.24, 2.45) is 0 Å². The maximum absolute atomic E-state index is 10.7. The fraction of sp³-hybridized carbons (Fsp3) is 0.857. The van der Waals surface area contributed by atoms with Crippen molar-refractivity contribution >= 4 is 13.6 Å². The van der Waals surface area contributed by atoms with Crippen molar-refractivity contribution in [3.63, 3.8) is 0 Å². The van der Waals surface area contributed by atoms with E-state index in [9.17, 15) is 30.0 Å². The third kappa shape index (κ3) is 16.1. The number of ketones is 1. The van der Waals surface area contributed by atoms with Gasteiger partial charge in [-0.25, -0.2) is 0 Å². The van der Waals surface area contributed by atoms with Gasteiger partial charge in [0, 0.05) is 0 Å². The summed E-state index contributed by atoms with van der Waals surface area (Å²) in [7, 11) is -6.31. The fourth-order valence-corrected chi connectivity index (χ4v) is 1.09. The van der Waals surface area contributed by atoms with Crippen molar-refractivity contribution < 1.29 is 34.5 Å². The van der Waals surface area contributed by atoms with Crippen LogP contribution in [0.2, 0.25) is 0 Å². The van der Waals surface area contributed by atoms with Crippen LogP contribution in [0.4, 0.5) is 25.2 Å². The predicted octanol–water partition coefficient (Wildman–Crippen LogP) is 3.81. The zero-order valence-electron chi connectivity index (χ0n) is 8.90. The van der Waals surface area contributed by atoms with E-state index in [2.05, 4.69) is 14.1 Å². The molecule has 0 bridgehead atoms. The quantitative estimate of drug-likeness (QED) is 0.372. The summed E-state index contributed by atoms with van der Waals surface area (Å²) >= 11 is 0. The van der Waals surface area contributed by atoms with Crippen LogP contribution in [-0.4, -0.2) is 37.5 Å². The van der Waals surface area contributed by atoms with Gasteiger partial charge >= 0.3 is 33.0 Å². The number of piperidine rings is 1. The molecule has 16 heavy (non-hydrogen) atoms. The van der Waals surface area contributed by atoms with E-state index in [1.165, 1.54) is 0 Å². The Labute approximate surface area is 89.0 Å². The van der Waals surface area contributed by atoms with Gasteiger partial charge in [0.1, 0.15) is 5.78 Å². The number of quaternary nitrogens is 1. The summed E-state index contributed by atoms with van der Waals surface area (Å²) in [6, 6.07) is 0. The first kappa shape index (κ1) is 15.6. The second-order valence-electron chi connectivity index (χ2n) is 4.38. The van der Waals surface area contributed by atoms with Crippen molar-refractivity contribution in [2.75, 3.05) is 27.2 Å². The molecule has 0 aromatic carbocycles. The van der Waals surface area contributed by atoms with Crippen LogP contribution in [0.1, 0.15) is 12.8 Å². The Morgan fingerprint density at radius 2 is 1.19 bits per heavy atom. The summed E-state index contributed by atoms with van der Waals surface area (Å²) in [6.07, 6.45) is 1.57. The van der Waals surface area contributed by atoms with Gasteiger partial charge in [-0.2, -0.15) is 0 Å². The van der Waals surface area contributed by atoms with Crippen molar-refractivity contribution in [3.05, 3.63) is 0 Å². The monoisotopic (exact) mass is 273 g/mol. The van der Waals surface area contributed by atoms with Crippen LogP contribution in [-0.2, 0) is 4.79 Å². The number of Topliss-reactive ketones (excluding diaryl/α,β-unsaturated/α-hetero) is 1. The fourth-order valence-electron chi connectivity index (χ4n) is 1.09. The number of carbonyl (C=O) groups is 1. The number of hydrogen-bond donors (Lipinski definition) is 0. The van der Waals surface area contributed by atoms with Crippen LogP contribution in [0, 0.1) is 0 Å². The molecule has 0 amide bonds. The summed E-state index contributed by atoms with van der Waals surface area (Å²) in [4.78, 5) is 10.7. The van der Waals surface area contributed by atoms with Crippen LogP contribution in [0.3, 0.4) is 0 Å². The van der Waals surface area contributed by atoms with E-state index in [1.807, 2.05) is 0 Å². The molecular weight excluding hydrogens is 259 g/mol. The van der Waals surface area contributed by atoms with Gasteiger partial charge in [0.2, 0.25) is 0 Å². The Morgan fingerprint density at radius 1 is 0.938 bits per heavy atom. The van der Waals surface area contributed by atoms with Gasteiger partial charge in [-0.3, -0.25) is 4.79 Å². The number of halogens is 6. The molecule has 2 nitrogen and oxygen atoms in total. The summed E-state index contributed by atoms with van der Waals surface area (Å²) in [6.45, 7) is 2.05. The number of nitrogens with zero attached hydrogens (tertiary/aromatic N) is 1. The molecule has 0 N–H and O–H groups in total. The molecule has 0 saturated carbocycles. The third-order valence-electron chi connectivity index (χ3n) is 1.99. The summed E-state index contributed by atoms with van der Waals surface area (Å²) in [5, 5.41) is 0. The zero-order valence-corrected chi connectivity index (χ0v) is 9.79. The van der Waals surface area contributed by atoms with Crippen LogP contribution >= 0.6 is 7.81 Å². The molecule has 1 fully saturated rings. The van der Waals surface area contributed by atoms with Crippen molar-refractivity contribution in [1.82, 2.24) is 0 Å². The first-order chi connectivity index (χ1) is 6.55. The Bertz CT molecular complexity index is 257. The zero-order chi connectivity index (χ0) is 13.3. The Balaban J connectivity index is 0.000000293. The molecule has 1 aliphatic heterocycles. The van der Waals surface area contributed by atoms with Crippen molar-refractivity contribution in [3.8, 4) is 0 Å². The molecule has 0 unspecified atom stereocenters. The molecule has 1 rings (SSSR count). The summed E-state index contributed by atoms with van der Waals surface area (Å²) in [5.74, 6) is 0.437. The van der Waals surface area contributed by atoms with Crippen LogP contribution in [0.25, 0.3) is 0 Å². The number of hydrogen-bond acceptors (Lipinski definition) is 1. The van der Waals surface area contributed by atoms with E-state index >= 15 is 0 Å². The molecule has 100 valence electrons. The minimum absolute atomic E-state index is 0.437. The van der Waals surface area contributed by atoms with E-state index in [4.69, 9.17) is 0 Å². The van der Waals surface area contributed by atoms with E-state index < -0.39 is 7.81 Å². The summed E-state index contributed by atoms with van der Waals surface area (Å²) in [5.41, 5.74) is 0. The Morgan fingerprint density at radius 3 is 1.38 bits per heavy atom. The molecule has 1 saturated heterocycles. The molecule has 0 atom stereocenters. The maximum atomic E-state index is 10.7. The molecule has 1 heterocycles. The summed E-state index contributed by atoms with van der Waals surface area (Å²) < 4.78 is 60.2.